The molecule has 1 saturated carbocycles. The van der Waals surface area contributed by atoms with Crippen molar-refractivity contribution in [2.24, 2.45) is 5.92 Å². The van der Waals surface area contributed by atoms with Gasteiger partial charge in [0.1, 0.15) is 5.82 Å². The normalized spacial score (nSPS) is 22.0. The van der Waals surface area contributed by atoms with E-state index < -0.39 is 0 Å². The molecule has 0 spiro atoms. The van der Waals surface area contributed by atoms with Crippen LogP contribution in [0.1, 0.15) is 51.1 Å². The molecule has 26 heavy (non-hydrogen) atoms. The smallest absolute Gasteiger partial charge is 0.330 e. The Morgan fingerprint density at radius 1 is 1.27 bits per heavy atom. The molecule has 0 radical (unpaired) electrons. The number of nitrogens with one attached hydrogen (secondary N) is 1. The number of anilines is 1. The van der Waals surface area contributed by atoms with Gasteiger partial charge in [-0.2, -0.15) is 0 Å². The quantitative estimate of drug-likeness (QED) is 0.597. The fourth-order valence-corrected chi connectivity index (χ4v) is 3.90. The number of aromatic nitrogens is 2. The molecule has 1 aliphatic carbocycles. The third-order valence-electron chi connectivity index (χ3n) is 5.21. The van der Waals surface area contributed by atoms with Crippen molar-refractivity contribution in [2.45, 2.75) is 51.5 Å². The molecule has 2 heterocycles. The molecule has 1 aromatic rings. The molecule has 1 saturated heterocycles. The number of hydrogen-bond donors (Lipinski definition) is 1. The highest BCUT2D eigenvalue weighted by Crippen LogP contribution is 2.26. The summed E-state index contributed by atoms with van der Waals surface area (Å²) < 4.78 is 4.85. The Bertz CT molecular complexity index is 596. The third kappa shape index (κ3) is 5.80. The summed E-state index contributed by atoms with van der Waals surface area (Å²) in [5.41, 5.74) is 0.647. The number of likely N-dealkylation sites (tertiary alicyclic amines) is 1. The van der Waals surface area contributed by atoms with Crippen molar-refractivity contribution in [3.8, 4) is 0 Å². The molecule has 1 atom stereocenters. The maximum absolute atomic E-state index is 11.3. The largest absolute Gasteiger partial charge is 0.463 e. The van der Waals surface area contributed by atoms with Crippen molar-refractivity contribution in [3.05, 3.63) is 24.2 Å². The Kier molecular flexibility index (Phi) is 7.00. The van der Waals surface area contributed by atoms with Crippen LogP contribution in [-0.2, 0) is 9.53 Å². The van der Waals surface area contributed by atoms with E-state index >= 15 is 0 Å². The van der Waals surface area contributed by atoms with Crippen molar-refractivity contribution in [1.82, 2.24) is 14.9 Å². The predicted molar refractivity (Wildman–Crippen MR) is 103 cm³/mol. The van der Waals surface area contributed by atoms with Crippen LogP contribution >= 0.6 is 0 Å². The van der Waals surface area contributed by atoms with Crippen LogP contribution in [0.25, 0.3) is 6.08 Å². The minimum atomic E-state index is -0.361. The van der Waals surface area contributed by atoms with E-state index in [1.165, 1.54) is 51.3 Å². The molecule has 3 rings (SSSR count). The SMILES string of the molecule is CCOC(=O)C=Cc1cnc(N[C@@H]2CCN(CC3CCCCC3)C2)cn1. The van der Waals surface area contributed by atoms with E-state index in [-0.39, 0.29) is 5.97 Å². The van der Waals surface area contributed by atoms with Gasteiger partial charge >= 0.3 is 5.97 Å². The van der Waals surface area contributed by atoms with Crippen molar-refractivity contribution in [3.63, 3.8) is 0 Å². The van der Waals surface area contributed by atoms with E-state index in [1.807, 2.05) is 0 Å². The van der Waals surface area contributed by atoms with Gasteiger partial charge in [0.05, 0.1) is 24.7 Å². The van der Waals surface area contributed by atoms with Gasteiger partial charge in [-0.3, -0.25) is 4.98 Å². The lowest BCUT2D eigenvalue weighted by molar-refractivity contribution is -0.137. The van der Waals surface area contributed by atoms with Gasteiger partial charge in [-0.05, 0) is 38.2 Å². The second kappa shape index (κ2) is 9.67. The topological polar surface area (TPSA) is 67.3 Å². The fourth-order valence-electron chi connectivity index (χ4n) is 3.90. The first-order valence-electron chi connectivity index (χ1n) is 9.88. The Hall–Kier alpha value is -1.95. The Labute approximate surface area is 156 Å². The molecule has 6 nitrogen and oxygen atoms in total. The predicted octanol–water partition coefficient (Wildman–Crippen LogP) is 3.12. The molecule has 0 aromatic carbocycles. The zero-order valence-electron chi connectivity index (χ0n) is 15.7. The van der Waals surface area contributed by atoms with Gasteiger partial charge < -0.3 is 15.0 Å². The molecule has 1 aliphatic heterocycles. The Balaban J connectivity index is 1.43. The molecule has 142 valence electrons. The highest BCUT2D eigenvalue weighted by molar-refractivity contribution is 5.86. The summed E-state index contributed by atoms with van der Waals surface area (Å²) in [4.78, 5) is 22.7. The van der Waals surface area contributed by atoms with E-state index in [0.717, 1.165) is 24.7 Å². The number of ether oxygens (including phenoxy) is 1. The van der Waals surface area contributed by atoms with E-state index in [0.29, 0.717) is 18.3 Å². The number of rotatable bonds is 7. The average molecular weight is 358 g/mol. The van der Waals surface area contributed by atoms with Crippen molar-refractivity contribution in [1.29, 1.82) is 0 Å². The number of nitrogens with zero attached hydrogens (tertiary/aromatic N) is 3. The Morgan fingerprint density at radius 3 is 2.85 bits per heavy atom. The van der Waals surface area contributed by atoms with Crippen LogP contribution in [0.3, 0.4) is 0 Å². The van der Waals surface area contributed by atoms with Gasteiger partial charge in [-0.15, -0.1) is 0 Å². The third-order valence-corrected chi connectivity index (χ3v) is 5.21. The first kappa shape index (κ1) is 18.8. The number of hydrogen-bond acceptors (Lipinski definition) is 6. The van der Waals surface area contributed by atoms with Gasteiger partial charge in [-0.25, -0.2) is 9.78 Å². The van der Waals surface area contributed by atoms with Crippen LogP contribution in [-0.4, -0.2) is 53.1 Å². The van der Waals surface area contributed by atoms with Gasteiger partial charge in [-0.1, -0.05) is 19.3 Å². The van der Waals surface area contributed by atoms with Gasteiger partial charge in [0.2, 0.25) is 0 Å². The minimum absolute atomic E-state index is 0.361. The maximum atomic E-state index is 11.3. The lowest BCUT2D eigenvalue weighted by Crippen LogP contribution is -2.31. The summed E-state index contributed by atoms with van der Waals surface area (Å²) in [7, 11) is 0. The Morgan fingerprint density at radius 2 is 2.12 bits per heavy atom. The van der Waals surface area contributed by atoms with Crippen LogP contribution in [0.5, 0.6) is 0 Å². The summed E-state index contributed by atoms with van der Waals surface area (Å²) in [6, 6.07) is 0.439. The van der Waals surface area contributed by atoms with Crippen molar-refractivity contribution >= 4 is 17.9 Å². The molecule has 1 N–H and O–H groups in total. The molecule has 1 aromatic heterocycles. The van der Waals surface area contributed by atoms with E-state index in [1.54, 1.807) is 25.4 Å². The molecule has 2 fully saturated rings. The molecular weight excluding hydrogens is 328 g/mol. The van der Waals surface area contributed by atoms with Crippen LogP contribution in [0.2, 0.25) is 0 Å². The van der Waals surface area contributed by atoms with Crippen LogP contribution < -0.4 is 5.32 Å². The molecule has 6 heteroatoms. The van der Waals surface area contributed by atoms with Crippen molar-refractivity contribution in [2.75, 3.05) is 31.6 Å². The first-order chi connectivity index (χ1) is 12.7. The zero-order valence-corrected chi connectivity index (χ0v) is 15.7. The summed E-state index contributed by atoms with van der Waals surface area (Å²) in [6.45, 7) is 5.66. The average Bonchev–Trinajstić information content (AvgIpc) is 3.09. The number of carbonyl (C=O) groups excluding carboxylic acids is 1. The van der Waals surface area contributed by atoms with Crippen LogP contribution in [0, 0.1) is 5.92 Å². The molecule has 0 unspecified atom stereocenters. The highest BCUT2D eigenvalue weighted by Gasteiger charge is 2.25. The van der Waals surface area contributed by atoms with Crippen molar-refractivity contribution < 1.29 is 9.53 Å². The molecule has 0 bridgehead atoms. The fraction of sp³-hybridized carbons (Fsp3) is 0.650. The van der Waals surface area contributed by atoms with E-state index in [9.17, 15) is 4.79 Å². The molecular formula is C20H30N4O2. The van der Waals surface area contributed by atoms with Gasteiger partial charge in [0, 0.05) is 31.8 Å². The lowest BCUT2D eigenvalue weighted by Gasteiger charge is -2.26. The molecule has 0 amide bonds. The summed E-state index contributed by atoms with van der Waals surface area (Å²) in [5.74, 6) is 1.33. The van der Waals surface area contributed by atoms with Gasteiger partial charge in [0.25, 0.3) is 0 Å². The summed E-state index contributed by atoms with van der Waals surface area (Å²) >= 11 is 0. The first-order valence-corrected chi connectivity index (χ1v) is 9.88. The second-order valence-electron chi connectivity index (χ2n) is 7.31. The monoisotopic (exact) mass is 358 g/mol. The van der Waals surface area contributed by atoms with Crippen LogP contribution in [0.4, 0.5) is 5.82 Å². The lowest BCUT2D eigenvalue weighted by atomic mass is 9.89. The molecule has 2 aliphatic rings. The number of esters is 1. The number of carbonyl (C=O) groups is 1. The van der Waals surface area contributed by atoms with Gasteiger partial charge in [0.15, 0.2) is 0 Å². The standard InChI is InChI=1S/C20H30N4O2/c1-2-26-20(25)9-8-17-12-22-19(13-21-17)23-18-10-11-24(15-18)14-16-6-4-3-5-7-16/h8-9,12-13,16,18H,2-7,10-11,14-15H2,1H3,(H,22,23)/t18-/m1/s1. The zero-order chi connectivity index (χ0) is 18.2. The summed E-state index contributed by atoms with van der Waals surface area (Å²) in [6.07, 6.45) is 14.6. The summed E-state index contributed by atoms with van der Waals surface area (Å²) in [5, 5.41) is 3.49. The second-order valence-corrected chi connectivity index (χ2v) is 7.31. The van der Waals surface area contributed by atoms with E-state index in [2.05, 4.69) is 20.2 Å². The minimum Gasteiger partial charge on any atom is -0.463 e. The van der Waals surface area contributed by atoms with E-state index in [4.69, 9.17) is 4.74 Å². The van der Waals surface area contributed by atoms with Crippen LogP contribution in [0.15, 0.2) is 18.5 Å². The highest BCUT2D eigenvalue weighted by atomic mass is 16.5. The maximum Gasteiger partial charge on any atom is 0.330 e.